The first kappa shape index (κ1) is 16.8. The summed E-state index contributed by atoms with van der Waals surface area (Å²) in [4.78, 5) is 14.4. The number of carbonyl (C=O) groups is 1. The van der Waals surface area contributed by atoms with E-state index in [1.165, 1.54) is 0 Å². The summed E-state index contributed by atoms with van der Waals surface area (Å²) in [5.74, 6) is 0.453. The SMILES string of the molecule is C=CC[C@@H]1CC[C@@H](C)N(C(=O)OC(C)(C)C)[C@H]1CC=C. The molecule has 0 N–H and O–H groups in total. The average molecular weight is 279 g/mol. The number of likely N-dealkylation sites (tertiary alicyclic amines) is 1. The van der Waals surface area contributed by atoms with Crippen LogP contribution in [0.1, 0.15) is 53.4 Å². The third kappa shape index (κ3) is 4.39. The van der Waals surface area contributed by atoms with Crippen LogP contribution in [-0.2, 0) is 4.74 Å². The van der Waals surface area contributed by atoms with E-state index in [0.29, 0.717) is 5.92 Å². The molecule has 0 aromatic rings. The molecule has 3 nitrogen and oxygen atoms in total. The zero-order chi connectivity index (χ0) is 15.3. The normalized spacial score (nSPS) is 27.0. The van der Waals surface area contributed by atoms with Crippen molar-refractivity contribution in [3.05, 3.63) is 25.3 Å². The Kier molecular flexibility index (Phi) is 5.85. The second kappa shape index (κ2) is 6.96. The molecule has 20 heavy (non-hydrogen) atoms. The van der Waals surface area contributed by atoms with Gasteiger partial charge >= 0.3 is 6.09 Å². The zero-order valence-electron chi connectivity index (χ0n) is 13.4. The summed E-state index contributed by atoms with van der Waals surface area (Å²) in [6.07, 6.45) is 7.54. The highest BCUT2D eigenvalue weighted by Crippen LogP contribution is 2.33. The van der Waals surface area contributed by atoms with Crippen LogP contribution in [0.2, 0.25) is 0 Å². The van der Waals surface area contributed by atoms with Gasteiger partial charge in [-0.2, -0.15) is 0 Å². The lowest BCUT2D eigenvalue weighted by Gasteiger charge is -2.45. The topological polar surface area (TPSA) is 29.5 Å². The Bertz CT molecular complexity index is 356. The van der Waals surface area contributed by atoms with Crippen molar-refractivity contribution in [2.75, 3.05) is 0 Å². The van der Waals surface area contributed by atoms with Gasteiger partial charge in [-0.1, -0.05) is 12.2 Å². The molecule has 1 rings (SSSR count). The van der Waals surface area contributed by atoms with Gasteiger partial charge in [-0.05, 0) is 59.3 Å². The zero-order valence-corrected chi connectivity index (χ0v) is 13.4. The van der Waals surface area contributed by atoms with Crippen LogP contribution in [0.15, 0.2) is 25.3 Å². The lowest BCUT2D eigenvalue weighted by atomic mass is 9.82. The smallest absolute Gasteiger partial charge is 0.410 e. The van der Waals surface area contributed by atoms with E-state index in [-0.39, 0.29) is 18.2 Å². The van der Waals surface area contributed by atoms with Crippen molar-refractivity contribution >= 4 is 6.09 Å². The van der Waals surface area contributed by atoms with Crippen LogP contribution < -0.4 is 0 Å². The maximum Gasteiger partial charge on any atom is 0.410 e. The summed E-state index contributed by atoms with van der Waals surface area (Å²) >= 11 is 0. The molecular weight excluding hydrogens is 250 g/mol. The molecule has 0 spiro atoms. The molecule has 0 saturated carbocycles. The molecule has 3 atom stereocenters. The highest BCUT2D eigenvalue weighted by molar-refractivity contribution is 5.69. The number of allylic oxidation sites excluding steroid dienone is 1. The first-order chi connectivity index (χ1) is 9.30. The van der Waals surface area contributed by atoms with Gasteiger partial charge in [0, 0.05) is 12.1 Å². The Morgan fingerprint density at radius 3 is 2.35 bits per heavy atom. The first-order valence-electron chi connectivity index (χ1n) is 7.53. The maximum absolute atomic E-state index is 12.5. The number of ether oxygens (including phenoxy) is 1. The van der Waals surface area contributed by atoms with Crippen LogP contribution in [0, 0.1) is 5.92 Å². The van der Waals surface area contributed by atoms with E-state index in [9.17, 15) is 4.79 Å². The average Bonchev–Trinajstić information content (AvgIpc) is 2.31. The third-order valence-corrected chi connectivity index (χ3v) is 3.81. The molecule has 0 aromatic carbocycles. The predicted molar refractivity (Wildman–Crippen MR) is 83.7 cm³/mol. The summed E-state index contributed by atoms with van der Waals surface area (Å²) < 4.78 is 5.58. The Morgan fingerprint density at radius 2 is 1.85 bits per heavy atom. The van der Waals surface area contributed by atoms with Crippen LogP contribution in [0.5, 0.6) is 0 Å². The number of hydrogen-bond donors (Lipinski definition) is 0. The van der Waals surface area contributed by atoms with E-state index in [1.54, 1.807) is 0 Å². The summed E-state index contributed by atoms with van der Waals surface area (Å²) in [7, 11) is 0. The van der Waals surface area contributed by atoms with Crippen LogP contribution in [0.4, 0.5) is 4.79 Å². The summed E-state index contributed by atoms with van der Waals surface area (Å²) in [5.41, 5.74) is -0.457. The van der Waals surface area contributed by atoms with Crippen LogP contribution in [0.25, 0.3) is 0 Å². The molecule has 0 aromatic heterocycles. The highest BCUT2D eigenvalue weighted by atomic mass is 16.6. The molecule has 0 bridgehead atoms. The fourth-order valence-corrected chi connectivity index (χ4v) is 2.94. The second-order valence-corrected chi connectivity index (χ2v) is 6.69. The number of hydrogen-bond acceptors (Lipinski definition) is 2. The van der Waals surface area contributed by atoms with Gasteiger partial charge in [0.2, 0.25) is 0 Å². The van der Waals surface area contributed by atoms with Crippen molar-refractivity contribution < 1.29 is 9.53 Å². The van der Waals surface area contributed by atoms with Gasteiger partial charge in [0.15, 0.2) is 0 Å². The maximum atomic E-state index is 12.5. The quantitative estimate of drug-likeness (QED) is 0.707. The molecule has 1 heterocycles. The molecular formula is C17H29NO2. The molecule has 1 aliphatic rings. The van der Waals surface area contributed by atoms with E-state index in [4.69, 9.17) is 4.74 Å². The van der Waals surface area contributed by atoms with Gasteiger partial charge in [0.25, 0.3) is 0 Å². The van der Waals surface area contributed by atoms with Crippen molar-refractivity contribution in [1.29, 1.82) is 0 Å². The number of carbonyl (C=O) groups excluding carboxylic acids is 1. The van der Waals surface area contributed by atoms with Gasteiger partial charge in [0.05, 0.1) is 0 Å². The lowest BCUT2D eigenvalue weighted by Crippen LogP contribution is -2.53. The molecule has 1 fully saturated rings. The van der Waals surface area contributed by atoms with E-state index in [0.717, 1.165) is 25.7 Å². The Labute approximate surface area is 123 Å². The minimum absolute atomic E-state index is 0.170. The van der Waals surface area contributed by atoms with Crippen molar-refractivity contribution in [3.8, 4) is 0 Å². The third-order valence-electron chi connectivity index (χ3n) is 3.81. The number of nitrogens with zero attached hydrogens (tertiary/aromatic N) is 1. The van der Waals surface area contributed by atoms with Gasteiger partial charge < -0.3 is 9.64 Å². The van der Waals surface area contributed by atoms with Crippen molar-refractivity contribution in [3.63, 3.8) is 0 Å². The molecule has 114 valence electrons. The molecule has 1 amide bonds. The minimum Gasteiger partial charge on any atom is -0.444 e. The molecule has 1 aliphatic heterocycles. The highest BCUT2D eigenvalue weighted by Gasteiger charge is 2.38. The molecule has 0 unspecified atom stereocenters. The van der Waals surface area contributed by atoms with E-state index in [2.05, 4.69) is 20.1 Å². The van der Waals surface area contributed by atoms with E-state index in [1.807, 2.05) is 37.8 Å². The van der Waals surface area contributed by atoms with Crippen LogP contribution in [-0.4, -0.2) is 28.7 Å². The molecule has 0 aliphatic carbocycles. The van der Waals surface area contributed by atoms with Crippen molar-refractivity contribution in [1.82, 2.24) is 4.90 Å². The largest absolute Gasteiger partial charge is 0.444 e. The molecule has 0 radical (unpaired) electrons. The fraction of sp³-hybridized carbons (Fsp3) is 0.706. The monoisotopic (exact) mass is 279 g/mol. The number of rotatable bonds is 4. The van der Waals surface area contributed by atoms with Crippen molar-refractivity contribution in [2.45, 2.75) is 71.1 Å². The summed E-state index contributed by atoms with van der Waals surface area (Å²) in [5, 5.41) is 0. The first-order valence-corrected chi connectivity index (χ1v) is 7.53. The number of amides is 1. The van der Waals surface area contributed by atoms with E-state index < -0.39 is 5.60 Å². The van der Waals surface area contributed by atoms with Gasteiger partial charge in [-0.3, -0.25) is 0 Å². The second-order valence-electron chi connectivity index (χ2n) is 6.69. The Hall–Kier alpha value is -1.25. The van der Waals surface area contributed by atoms with Crippen LogP contribution >= 0.6 is 0 Å². The van der Waals surface area contributed by atoms with Gasteiger partial charge in [-0.25, -0.2) is 4.79 Å². The standard InChI is InChI=1S/C17H29NO2/c1-7-9-14-12-11-13(3)18(15(14)10-8-2)16(19)20-17(4,5)6/h7-8,13-15H,1-2,9-12H2,3-6H3/t13-,14-,15+/m1/s1. The predicted octanol–water partition coefficient (Wildman–Crippen LogP) is 4.54. The van der Waals surface area contributed by atoms with Gasteiger partial charge in [-0.15, -0.1) is 13.2 Å². The minimum atomic E-state index is -0.457. The Morgan fingerprint density at radius 1 is 1.25 bits per heavy atom. The lowest BCUT2D eigenvalue weighted by molar-refractivity contribution is -0.0143. The van der Waals surface area contributed by atoms with E-state index >= 15 is 0 Å². The summed E-state index contributed by atoms with van der Waals surface area (Å²) in [6, 6.07) is 0.389. The van der Waals surface area contributed by atoms with Crippen LogP contribution in [0.3, 0.4) is 0 Å². The fourth-order valence-electron chi connectivity index (χ4n) is 2.94. The Balaban J connectivity index is 2.93. The molecule has 3 heteroatoms. The number of piperidine rings is 1. The van der Waals surface area contributed by atoms with Gasteiger partial charge in [0.1, 0.15) is 5.60 Å². The van der Waals surface area contributed by atoms with Crippen molar-refractivity contribution in [2.24, 2.45) is 5.92 Å². The molecule has 1 saturated heterocycles. The summed E-state index contributed by atoms with van der Waals surface area (Å²) in [6.45, 7) is 15.5.